The lowest BCUT2D eigenvalue weighted by Gasteiger charge is -2.30. The fourth-order valence-corrected chi connectivity index (χ4v) is 4.29. The molecule has 0 spiro atoms. The summed E-state index contributed by atoms with van der Waals surface area (Å²) < 4.78 is 21.6. The SMILES string of the molecule is COc1cccc(OC)c1C(=O)C(CCCCP=O)C1CCCCC1. The first kappa shape index (κ1) is 19.9. The molecule has 1 fully saturated rings. The van der Waals surface area contributed by atoms with Crippen LogP contribution < -0.4 is 9.47 Å². The Morgan fingerprint density at radius 1 is 1.12 bits per heavy atom. The van der Waals surface area contributed by atoms with Crippen LogP contribution >= 0.6 is 8.46 Å². The maximum absolute atomic E-state index is 13.4. The third-order valence-electron chi connectivity index (χ3n) is 5.24. The summed E-state index contributed by atoms with van der Waals surface area (Å²) in [4.78, 5) is 13.4. The zero-order valence-electron chi connectivity index (χ0n) is 15.3. The molecule has 1 aromatic rings. The number of Topliss-reactive ketones (excluding diaryl/α,β-unsaturated/α-hetero) is 1. The van der Waals surface area contributed by atoms with Crippen molar-refractivity contribution in [1.29, 1.82) is 0 Å². The predicted molar refractivity (Wildman–Crippen MR) is 100 cm³/mol. The minimum Gasteiger partial charge on any atom is -0.496 e. The van der Waals surface area contributed by atoms with E-state index in [1.54, 1.807) is 14.2 Å². The normalized spacial score (nSPS) is 16.6. The number of unbranched alkanes of at least 4 members (excludes halogenated alkanes) is 1. The Kier molecular flexibility index (Phi) is 8.40. The van der Waals surface area contributed by atoms with E-state index in [2.05, 4.69) is 0 Å². The maximum atomic E-state index is 13.4. The van der Waals surface area contributed by atoms with E-state index in [1.165, 1.54) is 19.3 Å². The van der Waals surface area contributed by atoms with Gasteiger partial charge in [-0.1, -0.05) is 31.7 Å². The number of rotatable bonds is 10. The van der Waals surface area contributed by atoms with E-state index < -0.39 is 0 Å². The molecule has 5 heteroatoms. The highest BCUT2D eigenvalue weighted by Gasteiger charge is 2.32. The van der Waals surface area contributed by atoms with Crippen molar-refractivity contribution in [3.63, 3.8) is 0 Å². The number of methoxy groups -OCH3 is 2. The Balaban J connectivity index is 2.25. The fourth-order valence-electron chi connectivity index (χ4n) is 3.94. The summed E-state index contributed by atoms with van der Waals surface area (Å²) in [6, 6.07) is 5.49. The topological polar surface area (TPSA) is 52.6 Å². The molecule has 4 nitrogen and oxygen atoms in total. The molecule has 25 heavy (non-hydrogen) atoms. The first-order valence-electron chi connectivity index (χ1n) is 9.27. The molecule has 0 N–H and O–H groups in total. The van der Waals surface area contributed by atoms with Crippen molar-refractivity contribution < 1.29 is 18.8 Å². The summed E-state index contributed by atoms with van der Waals surface area (Å²) >= 11 is 0. The minimum atomic E-state index is -0.00572. The van der Waals surface area contributed by atoms with Gasteiger partial charge in [0.2, 0.25) is 0 Å². The van der Waals surface area contributed by atoms with Crippen LogP contribution in [0.2, 0.25) is 0 Å². The van der Waals surface area contributed by atoms with Crippen LogP contribution in [0.1, 0.15) is 61.7 Å². The highest BCUT2D eigenvalue weighted by atomic mass is 31.1. The van der Waals surface area contributed by atoms with Crippen molar-refractivity contribution in [3.05, 3.63) is 23.8 Å². The number of carbonyl (C=O) groups excluding carboxylic acids is 1. The van der Waals surface area contributed by atoms with Gasteiger partial charge in [-0.15, -0.1) is 0 Å². The van der Waals surface area contributed by atoms with Crippen molar-refractivity contribution >= 4 is 14.2 Å². The van der Waals surface area contributed by atoms with Crippen molar-refractivity contribution in [1.82, 2.24) is 0 Å². The van der Waals surface area contributed by atoms with Crippen LogP contribution in [0.15, 0.2) is 18.2 Å². The molecule has 2 rings (SSSR count). The summed E-state index contributed by atoms with van der Waals surface area (Å²) in [5.41, 5.74) is 0.574. The molecule has 0 radical (unpaired) electrons. The van der Waals surface area contributed by atoms with Gasteiger partial charge < -0.3 is 9.47 Å². The lowest BCUT2D eigenvalue weighted by molar-refractivity contribution is 0.0824. The standard InChI is InChI=1S/C20H29O4P/c1-23-17-12-8-13-18(24-2)19(17)20(21)16(11-6-7-14-25-22)15-9-4-3-5-10-15/h8,12-13,15-16H,3-7,9-11,14H2,1-2H3. The average molecular weight is 364 g/mol. The van der Waals surface area contributed by atoms with Gasteiger partial charge in [-0.05, 0) is 43.7 Å². The molecule has 0 aliphatic heterocycles. The van der Waals surface area contributed by atoms with Crippen molar-refractivity contribution in [2.75, 3.05) is 20.4 Å². The van der Waals surface area contributed by atoms with E-state index in [-0.39, 0.29) is 20.2 Å². The van der Waals surface area contributed by atoms with E-state index in [0.29, 0.717) is 29.1 Å². The van der Waals surface area contributed by atoms with Crippen LogP contribution in [-0.2, 0) is 4.57 Å². The van der Waals surface area contributed by atoms with Gasteiger partial charge in [0.15, 0.2) is 14.2 Å². The van der Waals surface area contributed by atoms with Gasteiger partial charge in [-0.3, -0.25) is 9.36 Å². The smallest absolute Gasteiger partial charge is 0.173 e. The molecule has 138 valence electrons. The molecule has 0 heterocycles. The molecule has 0 saturated heterocycles. The van der Waals surface area contributed by atoms with Crippen LogP contribution in [0.3, 0.4) is 0 Å². The Morgan fingerprint density at radius 2 is 1.76 bits per heavy atom. The zero-order chi connectivity index (χ0) is 18.1. The van der Waals surface area contributed by atoms with Crippen molar-refractivity contribution in [2.24, 2.45) is 11.8 Å². The first-order chi connectivity index (χ1) is 12.2. The van der Waals surface area contributed by atoms with Crippen LogP contribution in [0, 0.1) is 11.8 Å². The summed E-state index contributed by atoms with van der Waals surface area (Å²) in [5.74, 6) is 1.74. The highest BCUT2D eigenvalue weighted by molar-refractivity contribution is 7.23. The zero-order valence-corrected chi connectivity index (χ0v) is 16.2. The molecule has 1 aromatic carbocycles. The van der Waals surface area contributed by atoms with Gasteiger partial charge in [0, 0.05) is 12.1 Å². The third-order valence-corrected chi connectivity index (χ3v) is 5.74. The summed E-state index contributed by atoms with van der Waals surface area (Å²) in [6.45, 7) is 0. The quantitative estimate of drug-likeness (QED) is 0.310. The molecule has 1 atom stereocenters. The van der Waals surface area contributed by atoms with E-state index in [1.807, 2.05) is 18.2 Å². The second-order valence-electron chi connectivity index (χ2n) is 6.75. The molecule has 0 bridgehead atoms. The average Bonchev–Trinajstić information content (AvgIpc) is 2.67. The first-order valence-corrected chi connectivity index (χ1v) is 10.3. The maximum Gasteiger partial charge on any atom is 0.173 e. The van der Waals surface area contributed by atoms with Crippen LogP contribution in [0.5, 0.6) is 11.5 Å². The molecule has 1 saturated carbocycles. The Labute approximate surface area is 152 Å². The van der Waals surface area contributed by atoms with Gasteiger partial charge in [-0.25, -0.2) is 0 Å². The number of hydrogen-bond acceptors (Lipinski definition) is 4. The number of hydrogen-bond donors (Lipinski definition) is 0. The Morgan fingerprint density at radius 3 is 2.32 bits per heavy atom. The van der Waals surface area contributed by atoms with Gasteiger partial charge >= 0.3 is 0 Å². The van der Waals surface area contributed by atoms with Gasteiger partial charge in [0.05, 0.1) is 14.2 Å². The molecule has 1 aliphatic carbocycles. The van der Waals surface area contributed by atoms with Gasteiger partial charge in [0.25, 0.3) is 0 Å². The number of ether oxygens (including phenoxy) is 2. The molecule has 1 unspecified atom stereocenters. The Hall–Kier alpha value is -1.41. The third kappa shape index (κ3) is 5.28. The fraction of sp³-hybridized carbons (Fsp3) is 0.650. The van der Waals surface area contributed by atoms with E-state index in [4.69, 9.17) is 9.47 Å². The number of ketones is 1. The molecular weight excluding hydrogens is 335 g/mol. The minimum absolute atomic E-state index is 0.00572. The van der Waals surface area contributed by atoms with E-state index in [9.17, 15) is 9.36 Å². The second-order valence-corrected chi connectivity index (χ2v) is 7.46. The molecule has 1 aliphatic rings. The van der Waals surface area contributed by atoms with Gasteiger partial charge in [0.1, 0.15) is 17.1 Å². The summed E-state index contributed by atoms with van der Waals surface area (Å²) in [6.07, 6.45) is 9.26. The molecule has 0 aromatic heterocycles. The predicted octanol–water partition coefficient (Wildman–Crippen LogP) is 5.55. The summed E-state index contributed by atoms with van der Waals surface area (Å²) in [5, 5.41) is 0. The van der Waals surface area contributed by atoms with Gasteiger partial charge in [-0.2, -0.15) is 0 Å². The molecule has 0 amide bonds. The number of benzene rings is 1. The van der Waals surface area contributed by atoms with Crippen molar-refractivity contribution in [3.8, 4) is 11.5 Å². The monoisotopic (exact) mass is 364 g/mol. The van der Waals surface area contributed by atoms with E-state index >= 15 is 0 Å². The van der Waals surface area contributed by atoms with E-state index in [0.717, 1.165) is 32.1 Å². The van der Waals surface area contributed by atoms with Crippen LogP contribution in [0.25, 0.3) is 0 Å². The van der Waals surface area contributed by atoms with Crippen LogP contribution in [-0.4, -0.2) is 26.2 Å². The lowest BCUT2D eigenvalue weighted by Crippen LogP contribution is -2.27. The lowest BCUT2D eigenvalue weighted by atomic mass is 9.74. The Bertz CT molecular complexity index is 545. The number of carbonyl (C=O) groups is 1. The second kappa shape index (κ2) is 10.6. The van der Waals surface area contributed by atoms with Crippen molar-refractivity contribution in [2.45, 2.75) is 51.4 Å². The largest absolute Gasteiger partial charge is 0.496 e. The summed E-state index contributed by atoms with van der Waals surface area (Å²) in [7, 11) is 3.38. The highest BCUT2D eigenvalue weighted by Crippen LogP contribution is 2.39. The molecular formula is C20H29O4P. The van der Waals surface area contributed by atoms with Crippen LogP contribution in [0.4, 0.5) is 0 Å².